The van der Waals surface area contributed by atoms with Crippen molar-refractivity contribution in [2.45, 2.75) is 38.8 Å². The van der Waals surface area contributed by atoms with Crippen LogP contribution in [0.3, 0.4) is 0 Å². The number of hydrogen-bond acceptors (Lipinski definition) is 3. The first-order valence-electron chi connectivity index (χ1n) is 6.95. The third-order valence-electron chi connectivity index (χ3n) is 3.09. The maximum atomic E-state index is 13.0. The minimum atomic E-state index is -4.55. The van der Waals surface area contributed by atoms with Crippen LogP contribution in [0.1, 0.15) is 19.8 Å². The summed E-state index contributed by atoms with van der Waals surface area (Å²) in [6.07, 6.45) is -6.66. The second kappa shape index (κ2) is 7.12. The van der Waals surface area contributed by atoms with Crippen LogP contribution in [0.2, 0.25) is 0 Å². The van der Waals surface area contributed by atoms with Gasteiger partial charge in [-0.25, -0.2) is 0 Å². The Hall–Kier alpha value is -1.90. The van der Waals surface area contributed by atoms with Gasteiger partial charge in [0.05, 0.1) is 0 Å². The van der Waals surface area contributed by atoms with Crippen LogP contribution in [0.25, 0.3) is 11.4 Å². The van der Waals surface area contributed by atoms with Crippen LogP contribution in [0, 0.1) is 4.77 Å². The molecule has 2 rings (SSSR count). The van der Waals surface area contributed by atoms with E-state index in [1.54, 1.807) is 10.6 Å². The average molecular weight is 349 g/mol. The molecule has 9 heteroatoms. The highest BCUT2D eigenvalue weighted by atomic mass is 32.1. The van der Waals surface area contributed by atoms with E-state index in [1.807, 2.05) is 6.92 Å². The van der Waals surface area contributed by atoms with E-state index >= 15 is 0 Å². The van der Waals surface area contributed by atoms with E-state index in [0.29, 0.717) is 22.7 Å². The van der Waals surface area contributed by atoms with E-state index in [9.17, 15) is 17.6 Å². The number of unbranched alkanes of at least 4 members (excludes halogenated alkanes) is 1. The first-order valence-corrected chi connectivity index (χ1v) is 7.36. The summed E-state index contributed by atoms with van der Waals surface area (Å²) in [5.74, 6) is 0.0676. The van der Waals surface area contributed by atoms with Gasteiger partial charge in [0.25, 0.3) is 0 Å². The Morgan fingerprint density at radius 1 is 1.39 bits per heavy atom. The fraction of sp³-hybridized carbons (Fsp3) is 0.429. The molecular formula is C14H15F4N3OS. The number of ether oxygens (including phenoxy) is 1. The second-order valence-corrected chi connectivity index (χ2v) is 5.24. The molecule has 1 N–H and O–H groups in total. The quantitative estimate of drug-likeness (QED) is 0.585. The first kappa shape index (κ1) is 17.5. The maximum Gasteiger partial charge on any atom is 0.461 e. The molecule has 0 amide bonds. The molecular weight excluding hydrogens is 334 g/mol. The fourth-order valence-corrected chi connectivity index (χ4v) is 2.19. The van der Waals surface area contributed by atoms with Gasteiger partial charge in [-0.2, -0.15) is 22.7 Å². The SMILES string of the molecule is CCCCn1c(-c2cccc(OC(F)(F)C(F)F)c2)n[nH]c1=S. The number of H-pyrrole nitrogens is 1. The van der Waals surface area contributed by atoms with Gasteiger partial charge in [-0.3, -0.25) is 5.10 Å². The molecule has 4 nitrogen and oxygen atoms in total. The van der Waals surface area contributed by atoms with Gasteiger partial charge in [-0.05, 0) is 30.8 Å². The van der Waals surface area contributed by atoms with Gasteiger partial charge in [0.1, 0.15) is 5.75 Å². The summed E-state index contributed by atoms with van der Waals surface area (Å²) in [7, 11) is 0. The van der Waals surface area contributed by atoms with E-state index in [-0.39, 0.29) is 5.75 Å². The van der Waals surface area contributed by atoms with Crippen LogP contribution in [-0.4, -0.2) is 27.3 Å². The Kier molecular flexibility index (Phi) is 5.40. The lowest BCUT2D eigenvalue weighted by Crippen LogP contribution is -2.33. The standard InChI is InChI=1S/C14H15F4N3OS/c1-2-3-7-21-11(19-20-13(21)23)9-5-4-6-10(8-9)22-14(17,18)12(15)16/h4-6,8,12H,2-3,7H2,1H3,(H,20,23). The number of aromatic nitrogens is 3. The van der Waals surface area contributed by atoms with Crippen LogP contribution in [0.5, 0.6) is 5.75 Å². The van der Waals surface area contributed by atoms with Crippen molar-refractivity contribution in [3.05, 3.63) is 29.0 Å². The van der Waals surface area contributed by atoms with Gasteiger partial charge < -0.3 is 9.30 Å². The van der Waals surface area contributed by atoms with Crippen molar-refractivity contribution in [2.24, 2.45) is 0 Å². The third kappa shape index (κ3) is 4.10. The first-order chi connectivity index (χ1) is 10.8. The summed E-state index contributed by atoms with van der Waals surface area (Å²) in [4.78, 5) is 0. The Morgan fingerprint density at radius 3 is 2.78 bits per heavy atom. The lowest BCUT2D eigenvalue weighted by atomic mass is 10.2. The topological polar surface area (TPSA) is 42.8 Å². The van der Waals surface area contributed by atoms with E-state index in [1.165, 1.54) is 18.2 Å². The summed E-state index contributed by atoms with van der Waals surface area (Å²) >= 11 is 5.14. The number of halogens is 4. The van der Waals surface area contributed by atoms with Gasteiger partial charge >= 0.3 is 12.5 Å². The molecule has 0 atom stereocenters. The lowest BCUT2D eigenvalue weighted by Gasteiger charge is -2.17. The summed E-state index contributed by atoms with van der Waals surface area (Å²) < 4.78 is 56.7. The minimum Gasteiger partial charge on any atom is -0.428 e. The summed E-state index contributed by atoms with van der Waals surface area (Å²) in [5, 5.41) is 6.70. The van der Waals surface area contributed by atoms with Crippen LogP contribution in [-0.2, 0) is 6.54 Å². The molecule has 0 aliphatic carbocycles. The molecule has 0 fully saturated rings. The predicted molar refractivity (Wildman–Crippen MR) is 79.3 cm³/mol. The number of nitrogens with one attached hydrogen (secondary N) is 1. The fourth-order valence-electron chi connectivity index (χ4n) is 1.96. The Morgan fingerprint density at radius 2 is 2.13 bits per heavy atom. The molecule has 1 heterocycles. The molecule has 23 heavy (non-hydrogen) atoms. The van der Waals surface area contributed by atoms with Crippen LogP contribution < -0.4 is 4.74 Å². The zero-order valence-corrected chi connectivity index (χ0v) is 13.0. The van der Waals surface area contributed by atoms with Crippen molar-refractivity contribution in [3.63, 3.8) is 0 Å². The zero-order chi connectivity index (χ0) is 17.0. The molecule has 1 aromatic heterocycles. The van der Waals surface area contributed by atoms with Crippen molar-refractivity contribution in [1.82, 2.24) is 14.8 Å². The number of rotatable bonds is 7. The smallest absolute Gasteiger partial charge is 0.428 e. The Balaban J connectivity index is 2.32. The van der Waals surface area contributed by atoms with Crippen molar-refractivity contribution in [2.75, 3.05) is 0 Å². The van der Waals surface area contributed by atoms with E-state index < -0.39 is 12.5 Å². The van der Waals surface area contributed by atoms with Gasteiger partial charge in [0.2, 0.25) is 0 Å². The molecule has 1 aromatic carbocycles. The zero-order valence-electron chi connectivity index (χ0n) is 12.2. The minimum absolute atomic E-state index is 0.372. The molecule has 0 bridgehead atoms. The largest absolute Gasteiger partial charge is 0.461 e. The molecule has 0 aliphatic heterocycles. The Labute approximate surface area is 135 Å². The van der Waals surface area contributed by atoms with Gasteiger partial charge in [-0.1, -0.05) is 25.5 Å². The number of alkyl halides is 4. The monoisotopic (exact) mass is 349 g/mol. The van der Waals surface area contributed by atoms with Crippen molar-refractivity contribution in [1.29, 1.82) is 0 Å². The highest BCUT2D eigenvalue weighted by molar-refractivity contribution is 7.71. The average Bonchev–Trinajstić information content (AvgIpc) is 2.86. The molecule has 0 saturated carbocycles. The molecule has 0 unspecified atom stereocenters. The van der Waals surface area contributed by atoms with Gasteiger partial charge in [-0.15, -0.1) is 0 Å². The third-order valence-corrected chi connectivity index (χ3v) is 3.41. The highest BCUT2D eigenvalue weighted by Gasteiger charge is 2.44. The maximum absolute atomic E-state index is 13.0. The highest BCUT2D eigenvalue weighted by Crippen LogP contribution is 2.30. The molecule has 126 valence electrons. The van der Waals surface area contributed by atoms with Crippen LogP contribution in [0.4, 0.5) is 17.6 Å². The molecule has 0 radical (unpaired) electrons. The van der Waals surface area contributed by atoms with Crippen molar-refractivity contribution in [3.8, 4) is 17.1 Å². The summed E-state index contributed by atoms with van der Waals surface area (Å²) in [5.41, 5.74) is 0.441. The second-order valence-electron chi connectivity index (χ2n) is 4.85. The molecule has 0 spiro atoms. The molecule has 0 aliphatic rings. The van der Waals surface area contributed by atoms with Crippen molar-refractivity contribution < 1.29 is 22.3 Å². The van der Waals surface area contributed by atoms with Crippen molar-refractivity contribution >= 4 is 12.2 Å². The summed E-state index contributed by atoms with van der Waals surface area (Å²) in [6, 6.07) is 5.44. The Bertz CT molecular complexity index is 714. The number of hydrogen-bond donors (Lipinski definition) is 1. The van der Waals surface area contributed by atoms with Gasteiger partial charge in [0.15, 0.2) is 10.6 Å². The van der Waals surface area contributed by atoms with E-state index in [2.05, 4.69) is 14.9 Å². The lowest BCUT2D eigenvalue weighted by molar-refractivity contribution is -0.253. The normalized spacial score (nSPS) is 11.9. The van der Waals surface area contributed by atoms with Crippen LogP contribution in [0.15, 0.2) is 24.3 Å². The number of benzene rings is 1. The number of nitrogens with zero attached hydrogens (tertiary/aromatic N) is 2. The number of aromatic amines is 1. The van der Waals surface area contributed by atoms with E-state index in [0.717, 1.165) is 12.8 Å². The van der Waals surface area contributed by atoms with Gasteiger partial charge in [0, 0.05) is 12.1 Å². The predicted octanol–water partition coefficient (Wildman–Crippen LogP) is 4.64. The molecule has 2 aromatic rings. The van der Waals surface area contributed by atoms with Crippen LogP contribution >= 0.6 is 12.2 Å². The van der Waals surface area contributed by atoms with E-state index in [4.69, 9.17) is 12.2 Å². The molecule has 0 saturated heterocycles. The summed E-state index contributed by atoms with van der Waals surface area (Å²) in [6.45, 7) is 2.63.